The van der Waals surface area contributed by atoms with E-state index in [1.54, 1.807) is 26.4 Å². The topological polar surface area (TPSA) is 67.8 Å². The predicted octanol–water partition coefficient (Wildman–Crippen LogP) is 3.16. The maximum absolute atomic E-state index is 10.8. The Morgan fingerprint density at radius 3 is 2.21 bits per heavy atom. The number of hydrogen-bond donors (Lipinski definition) is 2. The lowest BCUT2D eigenvalue weighted by atomic mass is 10.1. The van der Waals surface area contributed by atoms with E-state index < -0.39 is 5.97 Å². The summed E-state index contributed by atoms with van der Waals surface area (Å²) in [5.41, 5.74) is 2.53. The van der Waals surface area contributed by atoms with Crippen molar-refractivity contribution in [3.8, 4) is 11.5 Å². The van der Waals surface area contributed by atoms with Crippen LogP contribution in [0, 0.1) is 0 Å². The third-order valence-electron chi connectivity index (χ3n) is 3.57. The highest BCUT2D eigenvalue weighted by Crippen LogP contribution is 2.27. The van der Waals surface area contributed by atoms with Crippen LogP contribution in [0.15, 0.2) is 42.5 Å². The second-order valence-electron chi connectivity index (χ2n) is 5.12. The van der Waals surface area contributed by atoms with Gasteiger partial charge in [0.05, 0.1) is 19.8 Å². The molecule has 0 saturated carbocycles. The first-order valence-corrected chi connectivity index (χ1v) is 7.38. The minimum atomic E-state index is -0.905. The van der Waals surface area contributed by atoms with Gasteiger partial charge in [0, 0.05) is 6.54 Å². The number of benzene rings is 2. The Morgan fingerprint density at radius 2 is 1.62 bits per heavy atom. The van der Waals surface area contributed by atoms with Crippen LogP contribution in [0.5, 0.6) is 11.5 Å². The molecule has 0 amide bonds. The second-order valence-corrected chi connectivity index (χ2v) is 5.12. The van der Waals surface area contributed by atoms with Crippen molar-refractivity contribution in [1.82, 2.24) is 5.32 Å². The molecule has 2 aromatic carbocycles. The molecule has 5 nitrogen and oxygen atoms in total. The lowest BCUT2D eigenvalue weighted by Gasteiger charge is -2.10. The van der Waals surface area contributed by atoms with Crippen LogP contribution >= 0.6 is 12.4 Å². The molecule has 0 saturated heterocycles. The Morgan fingerprint density at radius 1 is 1.00 bits per heavy atom. The Hall–Kier alpha value is -2.24. The van der Waals surface area contributed by atoms with Crippen LogP contribution in [0.4, 0.5) is 0 Å². The number of carboxylic acid groups (broad SMARTS) is 1. The first-order chi connectivity index (χ1) is 11.1. The SMILES string of the molecule is COc1ccc(CCNCc2ccc(C(=O)O)cc2)cc1OC.Cl. The molecular formula is C18H22ClNO4. The normalized spacial score (nSPS) is 9.92. The van der Waals surface area contributed by atoms with Crippen LogP contribution in [0.2, 0.25) is 0 Å². The Labute approximate surface area is 148 Å². The lowest BCUT2D eigenvalue weighted by molar-refractivity contribution is 0.0697. The maximum atomic E-state index is 10.8. The molecule has 0 bridgehead atoms. The summed E-state index contributed by atoms with van der Waals surface area (Å²) in [6.07, 6.45) is 0.869. The molecule has 0 aliphatic heterocycles. The molecule has 0 unspecified atom stereocenters. The van der Waals surface area contributed by atoms with Crippen LogP contribution in [-0.4, -0.2) is 31.8 Å². The van der Waals surface area contributed by atoms with Crippen LogP contribution in [0.1, 0.15) is 21.5 Å². The molecule has 0 atom stereocenters. The zero-order valence-corrected chi connectivity index (χ0v) is 14.6. The van der Waals surface area contributed by atoms with E-state index in [4.69, 9.17) is 14.6 Å². The number of nitrogens with one attached hydrogen (secondary N) is 1. The molecule has 0 aromatic heterocycles. The van der Waals surface area contributed by atoms with E-state index in [9.17, 15) is 4.79 Å². The molecule has 0 spiro atoms. The van der Waals surface area contributed by atoms with Gasteiger partial charge in [0.15, 0.2) is 11.5 Å². The summed E-state index contributed by atoms with van der Waals surface area (Å²) in [5, 5.41) is 12.2. The average molecular weight is 352 g/mol. The van der Waals surface area contributed by atoms with Crippen LogP contribution in [-0.2, 0) is 13.0 Å². The Kier molecular flexibility index (Phi) is 8.09. The summed E-state index contributed by atoms with van der Waals surface area (Å²) in [6.45, 7) is 1.52. The maximum Gasteiger partial charge on any atom is 0.335 e. The van der Waals surface area contributed by atoms with Crippen LogP contribution < -0.4 is 14.8 Å². The summed E-state index contributed by atoms with van der Waals surface area (Å²) in [5.74, 6) is 0.551. The Balaban J connectivity index is 0.00000288. The van der Waals surface area contributed by atoms with Gasteiger partial charge in [-0.3, -0.25) is 0 Å². The van der Waals surface area contributed by atoms with E-state index >= 15 is 0 Å². The van der Waals surface area contributed by atoms with Crippen molar-refractivity contribution in [3.63, 3.8) is 0 Å². The third kappa shape index (κ3) is 5.44. The molecule has 0 fully saturated rings. The number of halogens is 1. The minimum Gasteiger partial charge on any atom is -0.493 e. The first kappa shape index (κ1) is 19.8. The molecule has 0 aliphatic rings. The van der Waals surface area contributed by atoms with Gasteiger partial charge in [-0.2, -0.15) is 0 Å². The monoisotopic (exact) mass is 351 g/mol. The first-order valence-electron chi connectivity index (χ1n) is 7.38. The van der Waals surface area contributed by atoms with Gasteiger partial charge in [0.1, 0.15) is 0 Å². The molecule has 2 N–H and O–H groups in total. The van der Waals surface area contributed by atoms with Crippen LogP contribution in [0.3, 0.4) is 0 Å². The van der Waals surface area contributed by atoms with E-state index in [0.717, 1.165) is 35.6 Å². The summed E-state index contributed by atoms with van der Waals surface area (Å²) < 4.78 is 10.5. The number of carbonyl (C=O) groups is 1. The summed E-state index contributed by atoms with van der Waals surface area (Å²) in [4.78, 5) is 10.8. The largest absolute Gasteiger partial charge is 0.493 e. The number of aromatic carboxylic acids is 1. The van der Waals surface area contributed by atoms with Gasteiger partial charge in [-0.25, -0.2) is 4.79 Å². The fourth-order valence-corrected chi connectivity index (χ4v) is 2.27. The van der Waals surface area contributed by atoms with E-state index in [1.807, 2.05) is 30.3 Å². The highest BCUT2D eigenvalue weighted by Gasteiger charge is 2.04. The minimum absolute atomic E-state index is 0. The second kappa shape index (κ2) is 9.80. The number of hydrogen-bond acceptors (Lipinski definition) is 4. The molecule has 2 aromatic rings. The van der Waals surface area contributed by atoms with E-state index in [-0.39, 0.29) is 12.4 Å². The third-order valence-corrected chi connectivity index (χ3v) is 3.57. The number of ether oxygens (including phenoxy) is 2. The predicted molar refractivity (Wildman–Crippen MR) is 95.6 cm³/mol. The molecular weight excluding hydrogens is 330 g/mol. The molecule has 0 aliphatic carbocycles. The van der Waals surface area contributed by atoms with Crippen molar-refractivity contribution in [2.24, 2.45) is 0 Å². The zero-order chi connectivity index (χ0) is 16.7. The molecule has 6 heteroatoms. The van der Waals surface area contributed by atoms with Gasteiger partial charge in [-0.1, -0.05) is 18.2 Å². The number of rotatable bonds is 8. The number of carboxylic acids is 1. The smallest absolute Gasteiger partial charge is 0.335 e. The fourth-order valence-electron chi connectivity index (χ4n) is 2.27. The van der Waals surface area contributed by atoms with Crippen LogP contribution in [0.25, 0.3) is 0 Å². The fraction of sp³-hybridized carbons (Fsp3) is 0.278. The van der Waals surface area contributed by atoms with Gasteiger partial charge < -0.3 is 19.9 Å². The molecule has 24 heavy (non-hydrogen) atoms. The number of methoxy groups -OCH3 is 2. The lowest BCUT2D eigenvalue weighted by Crippen LogP contribution is -2.16. The van der Waals surface area contributed by atoms with Crippen molar-refractivity contribution < 1.29 is 19.4 Å². The van der Waals surface area contributed by atoms with Gasteiger partial charge in [0.2, 0.25) is 0 Å². The van der Waals surface area contributed by atoms with Crippen molar-refractivity contribution in [1.29, 1.82) is 0 Å². The highest BCUT2D eigenvalue weighted by atomic mass is 35.5. The molecule has 0 radical (unpaired) electrons. The molecule has 0 heterocycles. The average Bonchev–Trinajstić information content (AvgIpc) is 2.58. The van der Waals surface area contributed by atoms with Gasteiger partial charge in [0.25, 0.3) is 0 Å². The van der Waals surface area contributed by atoms with E-state index in [0.29, 0.717) is 12.1 Å². The highest BCUT2D eigenvalue weighted by molar-refractivity contribution is 5.87. The van der Waals surface area contributed by atoms with Gasteiger partial charge >= 0.3 is 5.97 Å². The van der Waals surface area contributed by atoms with Crippen molar-refractivity contribution in [2.45, 2.75) is 13.0 Å². The quantitative estimate of drug-likeness (QED) is 0.715. The Bertz CT molecular complexity index is 659. The van der Waals surface area contributed by atoms with Crippen molar-refractivity contribution >= 4 is 18.4 Å². The van der Waals surface area contributed by atoms with Crippen molar-refractivity contribution in [2.75, 3.05) is 20.8 Å². The summed E-state index contributed by atoms with van der Waals surface area (Å²) in [6, 6.07) is 12.8. The molecule has 2 rings (SSSR count). The summed E-state index contributed by atoms with van der Waals surface area (Å²) >= 11 is 0. The van der Waals surface area contributed by atoms with E-state index in [1.165, 1.54) is 0 Å². The summed E-state index contributed by atoms with van der Waals surface area (Å²) in [7, 11) is 3.25. The van der Waals surface area contributed by atoms with E-state index in [2.05, 4.69) is 5.32 Å². The zero-order valence-electron chi connectivity index (χ0n) is 13.7. The van der Waals surface area contributed by atoms with Crippen molar-refractivity contribution in [3.05, 3.63) is 59.2 Å². The van der Waals surface area contributed by atoms with Gasteiger partial charge in [-0.15, -0.1) is 12.4 Å². The molecule has 130 valence electrons. The van der Waals surface area contributed by atoms with Gasteiger partial charge in [-0.05, 0) is 48.4 Å². The standard InChI is InChI=1S/C18H21NO4.ClH/c1-22-16-8-5-13(11-17(16)23-2)9-10-19-12-14-3-6-15(7-4-14)18(20)21;/h3-8,11,19H,9-10,12H2,1-2H3,(H,20,21);1H.